The molecule has 5 atom stereocenters. The molecule has 3 amide bonds. The summed E-state index contributed by atoms with van der Waals surface area (Å²) in [5.74, 6) is -2.71. The lowest BCUT2D eigenvalue weighted by molar-refractivity contribution is -0.143. The fraction of sp³-hybridized carbons (Fsp3) is 0.400. The number of carbonyl (C=O) groups excluding carboxylic acids is 3. The molecule has 2 aromatic carbocycles. The number of aliphatic hydroxyl groups is 1. The quantitative estimate of drug-likeness (QED) is 0.637. The van der Waals surface area contributed by atoms with E-state index in [0.29, 0.717) is 17.7 Å². The number of likely N-dealkylation sites (tertiary alicyclic amines) is 1. The first-order chi connectivity index (χ1) is 15.3. The van der Waals surface area contributed by atoms with Crippen LogP contribution in [-0.4, -0.2) is 46.4 Å². The van der Waals surface area contributed by atoms with Gasteiger partial charge in [0.1, 0.15) is 5.54 Å². The molecule has 2 saturated heterocycles. The number of nitrogens with one attached hydrogen (secondary N) is 2. The number of hydrogen-bond acceptors (Lipinski definition) is 5. The van der Waals surface area contributed by atoms with Crippen LogP contribution in [0.3, 0.4) is 0 Å². The lowest BCUT2D eigenvalue weighted by atomic mass is 9.76. The van der Waals surface area contributed by atoms with E-state index in [-0.39, 0.29) is 24.3 Å². The topological polar surface area (TPSA) is 98.7 Å². The van der Waals surface area contributed by atoms with Crippen molar-refractivity contribution < 1.29 is 19.5 Å². The predicted octanol–water partition coefficient (Wildman–Crippen LogP) is 1.65. The van der Waals surface area contributed by atoms with Crippen molar-refractivity contribution in [3.63, 3.8) is 0 Å². The van der Waals surface area contributed by atoms with Crippen LogP contribution < -0.4 is 10.6 Å². The maximum Gasteiger partial charge on any atom is 0.250 e. The van der Waals surface area contributed by atoms with Gasteiger partial charge in [0.05, 0.1) is 17.9 Å². The molecule has 32 heavy (non-hydrogen) atoms. The third kappa shape index (κ3) is 2.71. The summed E-state index contributed by atoms with van der Waals surface area (Å²) in [6.07, 6.45) is -0.366. The van der Waals surface area contributed by atoms with Gasteiger partial charge in [-0.25, -0.2) is 0 Å². The van der Waals surface area contributed by atoms with Gasteiger partial charge in [-0.15, -0.1) is 0 Å². The predicted molar refractivity (Wildman–Crippen MR) is 119 cm³/mol. The molecule has 1 spiro atoms. The first-order valence-corrected chi connectivity index (χ1v) is 11.0. The minimum Gasteiger partial charge on any atom is -0.392 e. The molecule has 3 N–H and O–H groups in total. The van der Waals surface area contributed by atoms with Gasteiger partial charge in [-0.1, -0.05) is 42.5 Å². The molecule has 0 saturated carbocycles. The Bertz CT molecular complexity index is 1130. The van der Waals surface area contributed by atoms with Crippen molar-refractivity contribution in [1.82, 2.24) is 10.2 Å². The molecule has 0 bridgehead atoms. The van der Waals surface area contributed by atoms with E-state index < -0.39 is 29.5 Å². The number of nitrogens with zero attached hydrogens (tertiary/aromatic N) is 1. The number of rotatable bonds is 4. The van der Waals surface area contributed by atoms with E-state index in [2.05, 4.69) is 10.6 Å². The van der Waals surface area contributed by atoms with E-state index in [9.17, 15) is 19.5 Å². The van der Waals surface area contributed by atoms with Crippen molar-refractivity contribution >= 4 is 23.4 Å². The Balaban J connectivity index is 1.57. The summed E-state index contributed by atoms with van der Waals surface area (Å²) in [6.45, 7) is 5.73. The molecule has 166 valence electrons. The number of aryl methyl sites for hydroxylation is 1. The lowest BCUT2D eigenvalue weighted by Gasteiger charge is -2.30. The monoisotopic (exact) mass is 433 g/mol. The third-order valence-electron chi connectivity index (χ3n) is 7.43. The molecule has 0 aromatic heterocycles. The van der Waals surface area contributed by atoms with E-state index in [1.54, 1.807) is 6.92 Å². The van der Waals surface area contributed by atoms with Crippen molar-refractivity contribution in [2.45, 2.75) is 44.9 Å². The molecule has 2 fully saturated rings. The van der Waals surface area contributed by atoms with E-state index in [0.717, 1.165) is 16.7 Å². The molecule has 5 rings (SSSR count). The van der Waals surface area contributed by atoms with Crippen LogP contribution in [0.1, 0.15) is 29.2 Å². The zero-order chi connectivity index (χ0) is 22.8. The first-order valence-electron chi connectivity index (χ1n) is 11.0. The number of benzene rings is 2. The normalized spacial score (nSPS) is 29.4. The molecule has 0 aliphatic carbocycles. The molecule has 3 heterocycles. The number of imide groups is 1. The zero-order valence-electron chi connectivity index (χ0n) is 18.4. The summed E-state index contributed by atoms with van der Waals surface area (Å²) in [5, 5.41) is 16.7. The fourth-order valence-electron chi connectivity index (χ4n) is 5.63. The fourth-order valence-corrected chi connectivity index (χ4v) is 5.63. The summed E-state index contributed by atoms with van der Waals surface area (Å²) >= 11 is 0. The number of carbonyl (C=O) groups is 3. The Hall–Kier alpha value is -3.03. The summed E-state index contributed by atoms with van der Waals surface area (Å²) in [6, 6.07) is 12.8. The minimum atomic E-state index is -1.37. The van der Waals surface area contributed by atoms with Gasteiger partial charge in [0.15, 0.2) is 0 Å². The Labute approximate surface area is 186 Å². The standard InChI is InChI=1S/C25H27N3O4/c1-13-9-10-17-20(14(13)2)26-24(32)25(17)19-18(21(27-25)15(3)29)22(30)28(23(19)31)12-11-16-7-5-4-6-8-16/h4-10,15,18-19,21,27,29H,11-12H2,1-3H3,(H,26,32)/t15-,18+,19-,21+,25-/m1/s1. The van der Waals surface area contributed by atoms with Gasteiger partial charge >= 0.3 is 0 Å². The molecule has 0 unspecified atom stereocenters. The Kier molecular flexibility index (Phi) is 4.72. The van der Waals surface area contributed by atoms with Gasteiger partial charge in [-0.05, 0) is 43.9 Å². The van der Waals surface area contributed by atoms with E-state index in [1.807, 2.05) is 56.3 Å². The smallest absolute Gasteiger partial charge is 0.250 e. The van der Waals surface area contributed by atoms with Crippen molar-refractivity contribution in [2.75, 3.05) is 11.9 Å². The third-order valence-corrected chi connectivity index (χ3v) is 7.43. The van der Waals surface area contributed by atoms with Crippen LogP contribution in [0.4, 0.5) is 5.69 Å². The van der Waals surface area contributed by atoms with Crippen molar-refractivity contribution in [3.05, 3.63) is 64.7 Å². The SMILES string of the molecule is Cc1ccc2c(c1C)NC(=O)[C@@]21N[C@@H]([C@@H](C)O)[C@H]2C(=O)N(CCc3ccccc3)C(=O)[C@@H]21. The highest BCUT2D eigenvalue weighted by molar-refractivity contribution is 6.15. The summed E-state index contributed by atoms with van der Waals surface area (Å²) in [7, 11) is 0. The van der Waals surface area contributed by atoms with Crippen molar-refractivity contribution in [3.8, 4) is 0 Å². The second kappa shape index (κ2) is 7.25. The van der Waals surface area contributed by atoms with Gasteiger partial charge in [0.2, 0.25) is 17.7 Å². The average molecular weight is 434 g/mol. The van der Waals surface area contributed by atoms with Crippen LogP contribution in [0.15, 0.2) is 42.5 Å². The highest BCUT2D eigenvalue weighted by Gasteiger charge is 2.71. The number of fused-ring (bicyclic) bond motifs is 4. The second-order valence-corrected chi connectivity index (χ2v) is 9.17. The summed E-state index contributed by atoms with van der Waals surface area (Å²) in [5.41, 5.74) is 2.99. The van der Waals surface area contributed by atoms with Crippen LogP contribution in [0.5, 0.6) is 0 Å². The van der Waals surface area contributed by atoms with E-state index in [1.165, 1.54) is 4.90 Å². The Morgan fingerprint density at radius 1 is 1.06 bits per heavy atom. The van der Waals surface area contributed by atoms with Crippen LogP contribution in [0.2, 0.25) is 0 Å². The summed E-state index contributed by atoms with van der Waals surface area (Å²) < 4.78 is 0. The maximum atomic E-state index is 13.7. The van der Waals surface area contributed by atoms with Gasteiger partial charge < -0.3 is 10.4 Å². The van der Waals surface area contributed by atoms with Gasteiger partial charge in [-0.2, -0.15) is 0 Å². The zero-order valence-corrected chi connectivity index (χ0v) is 18.4. The highest BCUT2D eigenvalue weighted by atomic mass is 16.3. The maximum absolute atomic E-state index is 13.7. The van der Waals surface area contributed by atoms with Gasteiger partial charge in [0.25, 0.3) is 0 Å². The van der Waals surface area contributed by atoms with Crippen LogP contribution >= 0.6 is 0 Å². The van der Waals surface area contributed by atoms with Crippen LogP contribution in [-0.2, 0) is 26.3 Å². The van der Waals surface area contributed by atoms with Crippen molar-refractivity contribution in [2.24, 2.45) is 11.8 Å². The van der Waals surface area contributed by atoms with E-state index >= 15 is 0 Å². The molecule has 0 radical (unpaired) electrons. The molecule has 7 heteroatoms. The molecule has 3 aliphatic rings. The number of hydrogen-bond donors (Lipinski definition) is 3. The lowest BCUT2D eigenvalue weighted by Crippen LogP contribution is -2.55. The first kappa shape index (κ1) is 20.8. The Morgan fingerprint density at radius 3 is 2.47 bits per heavy atom. The highest BCUT2D eigenvalue weighted by Crippen LogP contribution is 2.54. The molecule has 3 aliphatic heterocycles. The van der Waals surface area contributed by atoms with Crippen LogP contribution in [0, 0.1) is 25.7 Å². The molecular formula is C25H27N3O4. The number of anilines is 1. The van der Waals surface area contributed by atoms with Gasteiger partial charge in [-0.3, -0.25) is 24.6 Å². The summed E-state index contributed by atoms with van der Waals surface area (Å²) in [4.78, 5) is 41.8. The number of aliphatic hydroxyl groups excluding tert-OH is 1. The molecule has 7 nitrogen and oxygen atoms in total. The minimum absolute atomic E-state index is 0.249. The van der Waals surface area contributed by atoms with Crippen LogP contribution in [0.25, 0.3) is 0 Å². The molecular weight excluding hydrogens is 406 g/mol. The molecule has 2 aromatic rings. The largest absolute Gasteiger partial charge is 0.392 e. The van der Waals surface area contributed by atoms with E-state index in [4.69, 9.17) is 0 Å². The second-order valence-electron chi connectivity index (χ2n) is 9.17. The average Bonchev–Trinajstić information content (AvgIpc) is 3.36. The van der Waals surface area contributed by atoms with Crippen molar-refractivity contribution in [1.29, 1.82) is 0 Å². The van der Waals surface area contributed by atoms with Gasteiger partial charge in [0, 0.05) is 23.8 Å². The number of amides is 3. The Morgan fingerprint density at radius 2 is 1.78 bits per heavy atom.